The topological polar surface area (TPSA) is 36.4 Å². The molecule has 1 atom stereocenters. The van der Waals surface area contributed by atoms with E-state index < -0.39 is 0 Å². The molecule has 22 heavy (non-hydrogen) atoms. The van der Waals surface area contributed by atoms with Crippen LogP contribution in [0.4, 0.5) is 5.69 Å². The van der Waals surface area contributed by atoms with Crippen LogP contribution in [0.25, 0.3) is 0 Å². The van der Waals surface area contributed by atoms with E-state index >= 15 is 0 Å². The lowest BCUT2D eigenvalue weighted by atomic mass is 10.0. The number of hydrogen-bond acceptors (Lipinski definition) is 3. The second kappa shape index (κ2) is 6.18. The van der Waals surface area contributed by atoms with Crippen molar-refractivity contribution in [1.29, 1.82) is 0 Å². The highest BCUT2D eigenvalue weighted by molar-refractivity contribution is 5.73. The molecule has 3 rings (SSSR count). The van der Waals surface area contributed by atoms with E-state index in [4.69, 9.17) is 0 Å². The minimum Gasteiger partial charge on any atom is -0.361 e. The maximum absolute atomic E-state index is 11.8. The van der Waals surface area contributed by atoms with Gasteiger partial charge in [-0.25, -0.2) is 0 Å². The Morgan fingerprint density at radius 3 is 2.77 bits per heavy atom. The van der Waals surface area contributed by atoms with Crippen molar-refractivity contribution in [2.45, 2.75) is 19.9 Å². The fourth-order valence-corrected chi connectivity index (χ4v) is 3.04. The summed E-state index contributed by atoms with van der Waals surface area (Å²) in [6.07, 6.45) is 3.68. The summed E-state index contributed by atoms with van der Waals surface area (Å²) >= 11 is 0. The summed E-state index contributed by atoms with van der Waals surface area (Å²) in [5, 5.41) is 0. The van der Waals surface area contributed by atoms with Crippen molar-refractivity contribution in [2.75, 3.05) is 24.5 Å². The van der Waals surface area contributed by atoms with Gasteiger partial charge in [0.05, 0.1) is 6.04 Å². The van der Waals surface area contributed by atoms with Gasteiger partial charge in [-0.1, -0.05) is 18.2 Å². The number of benzene rings is 1. The summed E-state index contributed by atoms with van der Waals surface area (Å²) in [4.78, 5) is 20.3. The molecule has 1 aliphatic rings. The Morgan fingerprint density at radius 1 is 1.23 bits per heavy atom. The lowest BCUT2D eigenvalue weighted by molar-refractivity contribution is -0.129. The number of hydrogen-bond donors (Lipinski definition) is 0. The van der Waals surface area contributed by atoms with Crippen LogP contribution < -0.4 is 4.90 Å². The van der Waals surface area contributed by atoms with Crippen molar-refractivity contribution in [3.8, 4) is 0 Å². The maximum atomic E-state index is 11.8. The van der Waals surface area contributed by atoms with Gasteiger partial charge in [0.25, 0.3) is 0 Å². The monoisotopic (exact) mass is 295 g/mol. The number of carbonyl (C=O) groups excluding carboxylic acids is 1. The number of anilines is 1. The quantitative estimate of drug-likeness (QED) is 0.855. The average molecular weight is 295 g/mol. The summed E-state index contributed by atoms with van der Waals surface area (Å²) in [5.74, 6) is 0.137. The summed E-state index contributed by atoms with van der Waals surface area (Å²) in [6, 6.07) is 12.7. The molecule has 0 bridgehead atoms. The number of nitrogens with zero attached hydrogens (tertiary/aromatic N) is 3. The van der Waals surface area contributed by atoms with Crippen molar-refractivity contribution in [3.63, 3.8) is 0 Å². The molecule has 1 aromatic heterocycles. The molecule has 1 amide bonds. The molecule has 2 heterocycles. The van der Waals surface area contributed by atoms with Crippen molar-refractivity contribution >= 4 is 11.6 Å². The zero-order chi connectivity index (χ0) is 15.5. The summed E-state index contributed by atoms with van der Waals surface area (Å²) in [6.45, 7) is 6.05. The fourth-order valence-electron chi connectivity index (χ4n) is 3.04. The number of aromatic nitrogens is 1. The van der Waals surface area contributed by atoms with Crippen LogP contribution in [0.5, 0.6) is 0 Å². The number of carbonyl (C=O) groups is 1. The molecule has 1 fully saturated rings. The normalized spacial score (nSPS) is 18.4. The second-order valence-electron chi connectivity index (χ2n) is 5.80. The highest BCUT2D eigenvalue weighted by Gasteiger charge is 2.29. The van der Waals surface area contributed by atoms with Crippen molar-refractivity contribution < 1.29 is 4.79 Å². The third-order valence-corrected chi connectivity index (χ3v) is 4.23. The van der Waals surface area contributed by atoms with Crippen LogP contribution in [0.1, 0.15) is 24.1 Å². The minimum absolute atomic E-state index is 0.137. The van der Waals surface area contributed by atoms with Gasteiger partial charge in [0.1, 0.15) is 0 Å². The molecule has 0 spiro atoms. The molecular formula is C18H21N3O. The van der Waals surface area contributed by atoms with Gasteiger partial charge in [-0.2, -0.15) is 0 Å². The highest BCUT2D eigenvalue weighted by atomic mass is 16.2. The average Bonchev–Trinajstić information content (AvgIpc) is 2.55. The van der Waals surface area contributed by atoms with E-state index in [0.717, 1.165) is 18.7 Å². The predicted octanol–water partition coefficient (Wildman–Crippen LogP) is 2.80. The molecule has 1 unspecified atom stereocenters. The van der Waals surface area contributed by atoms with Crippen LogP contribution in [-0.2, 0) is 4.79 Å². The van der Waals surface area contributed by atoms with E-state index in [0.29, 0.717) is 6.54 Å². The molecule has 1 aliphatic heterocycles. The molecule has 1 saturated heterocycles. The first-order valence-corrected chi connectivity index (χ1v) is 7.64. The third-order valence-electron chi connectivity index (χ3n) is 4.23. The largest absolute Gasteiger partial charge is 0.361 e. The fraction of sp³-hybridized carbons (Fsp3) is 0.333. The third kappa shape index (κ3) is 2.96. The van der Waals surface area contributed by atoms with Gasteiger partial charge in [-0.05, 0) is 36.2 Å². The second-order valence-corrected chi connectivity index (χ2v) is 5.80. The van der Waals surface area contributed by atoms with Crippen LogP contribution in [-0.4, -0.2) is 35.4 Å². The number of rotatable bonds is 2. The van der Waals surface area contributed by atoms with Crippen molar-refractivity contribution in [2.24, 2.45) is 0 Å². The van der Waals surface area contributed by atoms with Gasteiger partial charge in [0.2, 0.25) is 5.91 Å². The Labute approximate surface area is 131 Å². The smallest absolute Gasteiger partial charge is 0.219 e. The van der Waals surface area contributed by atoms with Gasteiger partial charge in [0.15, 0.2) is 0 Å². The van der Waals surface area contributed by atoms with Crippen molar-refractivity contribution in [3.05, 3.63) is 59.9 Å². The van der Waals surface area contributed by atoms with Crippen LogP contribution in [0, 0.1) is 6.92 Å². The van der Waals surface area contributed by atoms with Gasteiger partial charge in [0, 0.05) is 44.6 Å². The zero-order valence-electron chi connectivity index (χ0n) is 13.1. The van der Waals surface area contributed by atoms with Gasteiger partial charge in [-0.15, -0.1) is 0 Å². The zero-order valence-corrected chi connectivity index (χ0v) is 13.1. The standard InChI is InChI=1S/C18H21N3O/c1-14-5-3-7-17(11-14)21-10-9-20(15(2)22)13-18(21)16-6-4-8-19-12-16/h3-8,11-12,18H,9-10,13H2,1-2H3. The number of pyridine rings is 1. The molecule has 0 aliphatic carbocycles. The molecule has 2 aromatic rings. The molecule has 4 heteroatoms. The molecule has 1 aromatic carbocycles. The Balaban J connectivity index is 1.95. The van der Waals surface area contributed by atoms with E-state index in [1.807, 2.05) is 17.2 Å². The molecule has 114 valence electrons. The number of piperazine rings is 1. The van der Waals surface area contributed by atoms with E-state index in [-0.39, 0.29) is 11.9 Å². The molecular weight excluding hydrogens is 274 g/mol. The highest BCUT2D eigenvalue weighted by Crippen LogP contribution is 2.30. The van der Waals surface area contributed by atoms with Crippen molar-refractivity contribution in [1.82, 2.24) is 9.88 Å². The van der Waals surface area contributed by atoms with Gasteiger partial charge >= 0.3 is 0 Å². The minimum atomic E-state index is 0.137. The van der Waals surface area contributed by atoms with E-state index in [1.165, 1.54) is 11.3 Å². The van der Waals surface area contributed by atoms with Crippen LogP contribution in [0.15, 0.2) is 48.8 Å². The van der Waals surface area contributed by atoms with E-state index in [2.05, 4.69) is 47.1 Å². The van der Waals surface area contributed by atoms with Crippen LogP contribution in [0.3, 0.4) is 0 Å². The Kier molecular flexibility index (Phi) is 4.09. The number of amides is 1. The predicted molar refractivity (Wildman–Crippen MR) is 87.8 cm³/mol. The number of aryl methyl sites for hydroxylation is 1. The van der Waals surface area contributed by atoms with Crippen LogP contribution in [0.2, 0.25) is 0 Å². The van der Waals surface area contributed by atoms with Gasteiger partial charge in [-0.3, -0.25) is 9.78 Å². The molecule has 4 nitrogen and oxygen atoms in total. The lowest BCUT2D eigenvalue weighted by Crippen LogP contribution is -2.50. The molecule has 0 N–H and O–H groups in total. The lowest BCUT2D eigenvalue weighted by Gasteiger charge is -2.42. The Hall–Kier alpha value is -2.36. The summed E-state index contributed by atoms with van der Waals surface area (Å²) < 4.78 is 0. The van der Waals surface area contributed by atoms with E-state index in [9.17, 15) is 4.79 Å². The first-order valence-electron chi connectivity index (χ1n) is 7.64. The Morgan fingerprint density at radius 2 is 2.09 bits per heavy atom. The SMILES string of the molecule is CC(=O)N1CCN(c2cccc(C)c2)C(c2cccnc2)C1. The van der Waals surface area contributed by atoms with Crippen LogP contribution >= 0.6 is 0 Å². The molecule has 0 radical (unpaired) electrons. The van der Waals surface area contributed by atoms with Gasteiger partial charge < -0.3 is 9.80 Å². The summed E-state index contributed by atoms with van der Waals surface area (Å²) in [5.41, 5.74) is 3.60. The Bertz CT molecular complexity index is 656. The molecule has 0 saturated carbocycles. The maximum Gasteiger partial charge on any atom is 0.219 e. The summed E-state index contributed by atoms with van der Waals surface area (Å²) in [7, 11) is 0. The van der Waals surface area contributed by atoms with E-state index in [1.54, 1.807) is 13.1 Å². The first kappa shape index (κ1) is 14.6. The first-order chi connectivity index (χ1) is 10.6.